The highest BCUT2D eigenvalue weighted by atomic mass is 127. The molecule has 29 heavy (non-hydrogen) atoms. The topological polar surface area (TPSA) is 57.5 Å². The zero-order chi connectivity index (χ0) is 20.4. The summed E-state index contributed by atoms with van der Waals surface area (Å²) in [5.74, 6) is 0.642. The SMILES string of the molecule is CCNC(=NCCCn1nc(C)cc1C)NCCN(C)Cc1ccc(F)cc1.I. The number of aryl methyl sites for hydroxylation is 3. The number of hydrogen-bond acceptors (Lipinski definition) is 3. The zero-order valence-corrected chi connectivity index (χ0v) is 20.2. The third-order valence-electron chi connectivity index (χ3n) is 4.40. The Morgan fingerprint density at radius 2 is 1.93 bits per heavy atom. The predicted molar refractivity (Wildman–Crippen MR) is 128 cm³/mol. The molecule has 8 heteroatoms. The van der Waals surface area contributed by atoms with Crippen LogP contribution in [-0.4, -0.2) is 53.9 Å². The number of hydrogen-bond donors (Lipinski definition) is 2. The number of aliphatic imine (C=N–C) groups is 1. The van der Waals surface area contributed by atoms with Crippen molar-refractivity contribution in [1.29, 1.82) is 0 Å². The average molecular weight is 516 g/mol. The first-order chi connectivity index (χ1) is 13.5. The smallest absolute Gasteiger partial charge is 0.191 e. The zero-order valence-electron chi connectivity index (χ0n) is 17.9. The Bertz CT molecular complexity index is 744. The predicted octanol–water partition coefficient (Wildman–Crippen LogP) is 3.33. The van der Waals surface area contributed by atoms with Gasteiger partial charge in [0.1, 0.15) is 5.82 Å². The van der Waals surface area contributed by atoms with Gasteiger partial charge < -0.3 is 15.5 Å². The van der Waals surface area contributed by atoms with Gasteiger partial charge >= 0.3 is 0 Å². The van der Waals surface area contributed by atoms with E-state index in [4.69, 9.17) is 0 Å². The Hall–Kier alpha value is -1.68. The summed E-state index contributed by atoms with van der Waals surface area (Å²) in [7, 11) is 2.06. The lowest BCUT2D eigenvalue weighted by atomic mass is 10.2. The second-order valence-electron chi connectivity index (χ2n) is 7.06. The molecule has 1 heterocycles. The normalized spacial score (nSPS) is 11.4. The van der Waals surface area contributed by atoms with Crippen molar-refractivity contribution in [2.75, 3.05) is 33.2 Å². The van der Waals surface area contributed by atoms with Gasteiger partial charge in [0, 0.05) is 45.0 Å². The van der Waals surface area contributed by atoms with Gasteiger partial charge in [-0.3, -0.25) is 9.67 Å². The second kappa shape index (κ2) is 13.5. The molecule has 0 aliphatic carbocycles. The van der Waals surface area contributed by atoms with Gasteiger partial charge in [0.15, 0.2) is 5.96 Å². The minimum Gasteiger partial charge on any atom is -0.357 e. The third-order valence-corrected chi connectivity index (χ3v) is 4.40. The van der Waals surface area contributed by atoms with Crippen LogP contribution >= 0.6 is 24.0 Å². The van der Waals surface area contributed by atoms with E-state index in [1.165, 1.54) is 17.8 Å². The molecule has 0 atom stereocenters. The standard InChI is InChI=1S/C21H33FN6.HI/c1-5-23-21(24-11-6-13-28-18(3)15-17(2)26-28)25-12-14-27(4)16-19-7-9-20(22)10-8-19;/h7-10,15H,5-6,11-14,16H2,1-4H3,(H2,23,24,25);1H. The van der Waals surface area contributed by atoms with E-state index in [2.05, 4.69) is 52.6 Å². The van der Waals surface area contributed by atoms with Crippen LogP contribution in [0.4, 0.5) is 4.39 Å². The molecule has 0 saturated carbocycles. The molecule has 0 amide bonds. The summed E-state index contributed by atoms with van der Waals surface area (Å²) in [6.45, 7) is 11.1. The maximum atomic E-state index is 13.0. The quantitative estimate of drug-likeness (QED) is 0.220. The van der Waals surface area contributed by atoms with Gasteiger partial charge in [-0.25, -0.2) is 4.39 Å². The van der Waals surface area contributed by atoms with Crippen molar-refractivity contribution in [3.05, 3.63) is 53.1 Å². The summed E-state index contributed by atoms with van der Waals surface area (Å²) < 4.78 is 15.0. The van der Waals surface area contributed by atoms with Gasteiger partial charge in [0.05, 0.1) is 5.69 Å². The molecule has 1 aromatic carbocycles. The molecular formula is C21H34FIN6. The highest BCUT2D eigenvalue weighted by Crippen LogP contribution is 2.05. The summed E-state index contributed by atoms with van der Waals surface area (Å²) in [5, 5.41) is 11.1. The molecule has 0 aliphatic heterocycles. The fraction of sp³-hybridized carbons (Fsp3) is 0.524. The average Bonchev–Trinajstić information content (AvgIpc) is 2.98. The Labute approximate surface area is 191 Å². The Kier molecular flexibility index (Phi) is 11.8. The summed E-state index contributed by atoms with van der Waals surface area (Å²) >= 11 is 0. The van der Waals surface area contributed by atoms with E-state index in [-0.39, 0.29) is 29.8 Å². The lowest BCUT2D eigenvalue weighted by Crippen LogP contribution is -2.41. The Balaban J connectivity index is 0.00000420. The molecule has 1 aromatic heterocycles. The van der Waals surface area contributed by atoms with Crippen molar-refractivity contribution < 1.29 is 4.39 Å². The van der Waals surface area contributed by atoms with E-state index in [9.17, 15) is 4.39 Å². The summed E-state index contributed by atoms with van der Waals surface area (Å²) in [5.41, 5.74) is 3.35. The molecule has 0 spiro atoms. The van der Waals surface area contributed by atoms with Crippen LogP contribution in [0.15, 0.2) is 35.3 Å². The number of nitrogens with zero attached hydrogens (tertiary/aromatic N) is 4. The monoisotopic (exact) mass is 516 g/mol. The van der Waals surface area contributed by atoms with Crippen molar-refractivity contribution in [3.63, 3.8) is 0 Å². The summed E-state index contributed by atoms with van der Waals surface area (Å²) in [4.78, 5) is 6.85. The van der Waals surface area contributed by atoms with Gasteiger partial charge in [-0.15, -0.1) is 24.0 Å². The van der Waals surface area contributed by atoms with Gasteiger partial charge in [-0.1, -0.05) is 12.1 Å². The molecule has 0 saturated heterocycles. The van der Waals surface area contributed by atoms with Gasteiger partial charge in [0.2, 0.25) is 0 Å². The number of benzene rings is 1. The molecule has 0 bridgehead atoms. The van der Waals surface area contributed by atoms with E-state index in [0.29, 0.717) is 0 Å². The van der Waals surface area contributed by atoms with Crippen LogP contribution in [-0.2, 0) is 13.1 Å². The maximum Gasteiger partial charge on any atom is 0.191 e. The number of guanidine groups is 1. The first-order valence-electron chi connectivity index (χ1n) is 9.94. The van der Waals surface area contributed by atoms with Crippen molar-refractivity contribution in [2.45, 2.75) is 40.3 Å². The van der Waals surface area contributed by atoms with Crippen molar-refractivity contribution >= 4 is 29.9 Å². The fourth-order valence-electron chi connectivity index (χ4n) is 3.00. The molecular weight excluding hydrogens is 482 g/mol. The summed E-state index contributed by atoms with van der Waals surface area (Å²) in [6.07, 6.45) is 0.947. The molecule has 162 valence electrons. The number of aromatic nitrogens is 2. The minimum atomic E-state index is -0.197. The van der Waals surface area contributed by atoms with Crippen LogP contribution in [0.3, 0.4) is 0 Å². The van der Waals surface area contributed by atoms with Gasteiger partial charge in [-0.05, 0) is 58.0 Å². The molecule has 0 aliphatic rings. The fourth-order valence-corrected chi connectivity index (χ4v) is 3.00. The van der Waals surface area contributed by atoms with E-state index >= 15 is 0 Å². The molecule has 0 radical (unpaired) electrons. The highest BCUT2D eigenvalue weighted by molar-refractivity contribution is 14.0. The van der Waals surface area contributed by atoms with E-state index in [1.807, 2.05) is 23.7 Å². The highest BCUT2D eigenvalue weighted by Gasteiger charge is 2.03. The third kappa shape index (κ3) is 9.58. The Morgan fingerprint density at radius 1 is 1.21 bits per heavy atom. The van der Waals surface area contributed by atoms with Crippen molar-refractivity contribution in [1.82, 2.24) is 25.3 Å². The van der Waals surface area contributed by atoms with Crippen LogP contribution < -0.4 is 10.6 Å². The molecule has 0 unspecified atom stereocenters. The minimum absolute atomic E-state index is 0. The molecule has 0 fully saturated rings. The first kappa shape index (κ1) is 25.4. The van der Waals surface area contributed by atoms with Gasteiger partial charge in [-0.2, -0.15) is 5.10 Å². The van der Waals surface area contributed by atoms with Crippen LogP contribution in [0.5, 0.6) is 0 Å². The number of rotatable bonds is 10. The number of likely N-dealkylation sites (N-methyl/N-ethyl adjacent to an activating group) is 1. The van der Waals surface area contributed by atoms with Crippen molar-refractivity contribution in [2.24, 2.45) is 4.99 Å². The molecule has 2 rings (SSSR count). The summed E-state index contributed by atoms with van der Waals surface area (Å²) in [6, 6.07) is 8.76. The van der Waals surface area contributed by atoms with Crippen LogP contribution in [0.2, 0.25) is 0 Å². The molecule has 6 nitrogen and oxygen atoms in total. The van der Waals surface area contributed by atoms with Crippen LogP contribution in [0.25, 0.3) is 0 Å². The number of halogens is 2. The van der Waals surface area contributed by atoms with E-state index < -0.39 is 0 Å². The van der Waals surface area contributed by atoms with E-state index in [0.717, 1.165) is 62.9 Å². The molecule has 2 N–H and O–H groups in total. The number of nitrogens with one attached hydrogen (secondary N) is 2. The van der Waals surface area contributed by atoms with Crippen LogP contribution in [0, 0.1) is 19.7 Å². The molecule has 2 aromatic rings. The van der Waals surface area contributed by atoms with Crippen LogP contribution in [0.1, 0.15) is 30.3 Å². The first-order valence-corrected chi connectivity index (χ1v) is 9.94. The van der Waals surface area contributed by atoms with E-state index in [1.54, 1.807) is 0 Å². The lowest BCUT2D eigenvalue weighted by Gasteiger charge is -2.18. The van der Waals surface area contributed by atoms with Crippen molar-refractivity contribution in [3.8, 4) is 0 Å². The lowest BCUT2D eigenvalue weighted by molar-refractivity contribution is 0.331. The largest absolute Gasteiger partial charge is 0.357 e. The second-order valence-corrected chi connectivity index (χ2v) is 7.06. The Morgan fingerprint density at radius 3 is 2.55 bits per heavy atom. The van der Waals surface area contributed by atoms with Gasteiger partial charge in [0.25, 0.3) is 0 Å². The maximum absolute atomic E-state index is 13.0.